The van der Waals surface area contributed by atoms with Gasteiger partial charge in [-0.05, 0) is 35.1 Å². The van der Waals surface area contributed by atoms with E-state index in [1.807, 2.05) is 29.5 Å². The van der Waals surface area contributed by atoms with Crippen LogP contribution in [0.4, 0.5) is 0 Å². The first kappa shape index (κ1) is 13.9. The van der Waals surface area contributed by atoms with Gasteiger partial charge in [-0.2, -0.15) is 0 Å². The van der Waals surface area contributed by atoms with Crippen LogP contribution in [0.15, 0.2) is 23.1 Å². The summed E-state index contributed by atoms with van der Waals surface area (Å²) >= 11 is 1.91. The fourth-order valence-corrected chi connectivity index (χ4v) is 2.44. The Hall–Kier alpha value is -1.57. The fourth-order valence-electron chi connectivity index (χ4n) is 1.98. The standard InChI is InChI=1S/C13H12INO4/c1-2-3-15-6-8(13(18)19)12(17)7-4-9(14)11(16)5-10(7)15/h4-6,16H,2-3H2,1H3,(H,18,19). The van der Waals surface area contributed by atoms with E-state index in [0.29, 0.717) is 21.0 Å². The van der Waals surface area contributed by atoms with Crippen molar-refractivity contribution in [1.29, 1.82) is 0 Å². The Kier molecular flexibility index (Phi) is 3.79. The van der Waals surface area contributed by atoms with Gasteiger partial charge in [0.2, 0.25) is 5.43 Å². The molecule has 0 fully saturated rings. The minimum atomic E-state index is -1.24. The number of phenolic OH excluding ortho intramolecular Hbond substituents is 1. The van der Waals surface area contributed by atoms with Crippen molar-refractivity contribution in [2.24, 2.45) is 0 Å². The smallest absolute Gasteiger partial charge is 0.341 e. The second kappa shape index (κ2) is 5.20. The van der Waals surface area contributed by atoms with Gasteiger partial charge in [0, 0.05) is 24.2 Å². The number of carbonyl (C=O) groups is 1. The number of aromatic nitrogens is 1. The molecule has 0 unspecified atom stereocenters. The monoisotopic (exact) mass is 373 g/mol. The molecule has 0 aliphatic heterocycles. The summed E-state index contributed by atoms with van der Waals surface area (Å²) in [6, 6.07) is 3.02. The third-order valence-corrected chi connectivity index (χ3v) is 3.71. The number of aromatic hydroxyl groups is 1. The molecule has 0 aliphatic carbocycles. The number of rotatable bonds is 3. The fraction of sp³-hybridized carbons (Fsp3) is 0.231. The van der Waals surface area contributed by atoms with Crippen LogP contribution in [-0.4, -0.2) is 20.7 Å². The molecule has 19 heavy (non-hydrogen) atoms. The van der Waals surface area contributed by atoms with Gasteiger partial charge in [0.15, 0.2) is 0 Å². The van der Waals surface area contributed by atoms with E-state index in [1.54, 1.807) is 4.57 Å². The van der Waals surface area contributed by atoms with E-state index < -0.39 is 11.4 Å². The molecule has 1 aromatic carbocycles. The average molecular weight is 373 g/mol. The number of fused-ring (bicyclic) bond motifs is 1. The molecular formula is C13H12INO4. The van der Waals surface area contributed by atoms with Gasteiger partial charge in [0.25, 0.3) is 0 Å². The van der Waals surface area contributed by atoms with Crippen LogP contribution in [0.5, 0.6) is 5.75 Å². The number of phenols is 1. The summed E-state index contributed by atoms with van der Waals surface area (Å²) in [7, 11) is 0. The quantitative estimate of drug-likeness (QED) is 0.810. The van der Waals surface area contributed by atoms with E-state index in [1.165, 1.54) is 18.3 Å². The lowest BCUT2D eigenvalue weighted by Crippen LogP contribution is -2.19. The average Bonchev–Trinajstić information content (AvgIpc) is 2.35. The van der Waals surface area contributed by atoms with E-state index in [4.69, 9.17) is 5.11 Å². The van der Waals surface area contributed by atoms with Gasteiger partial charge < -0.3 is 14.8 Å². The maximum absolute atomic E-state index is 12.1. The Morgan fingerprint density at radius 3 is 2.68 bits per heavy atom. The number of carboxylic acids is 1. The summed E-state index contributed by atoms with van der Waals surface area (Å²) in [5, 5.41) is 19.1. The highest BCUT2D eigenvalue weighted by molar-refractivity contribution is 14.1. The van der Waals surface area contributed by atoms with Crippen molar-refractivity contribution in [2.45, 2.75) is 19.9 Å². The minimum absolute atomic E-state index is 0.0837. The molecule has 2 N–H and O–H groups in total. The number of pyridine rings is 1. The van der Waals surface area contributed by atoms with Crippen molar-refractivity contribution in [3.63, 3.8) is 0 Å². The SMILES string of the molecule is CCCn1cc(C(=O)O)c(=O)c2cc(I)c(O)cc21. The van der Waals surface area contributed by atoms with Crippen LogP contribution in [0.2, 0.25) is 0 Å². The number of halogens is 1. The number of aryl methyl sites for hydroxylation is 1. The maximum atomic E-state index is 12.1. The minimum Gasteiger partial charge on any atom is -0.507 e. The summed E-state index contributed by atoms with van der Waals surface area (Å²) in [5.41, 5.74) is -0.218. The van der Waals surface area contributed by atoms with Crippen molar-refractivity contribution in [2.75, 3.05) is 0 Å². The van der Waals surface area contributed by atoms with Gasteiger partial charge in [-0.3, -0.25) is 4.79 Å². The molecule has 5 nitrogen and oxygen atoms in total. The highest BCUT2D eigenvalue weighted by atomic mass is 127. The number of aromatic carboxylic acids is 1. The second-order valence-electron chi connectivity index (χ2n) is 4.19. The van der Waals surface area contributed by atoms with E-state index >= 15 is 0 Å². The molecule has 1 heterocycles. The Morgan fingerprint density at radius 1 is 1.42 bits per heavy atom. The third kappa shape index (κ3) is 2.44. The second-order valence-corrected chi connectivity index (χ2v) is 5.35. The molecule has 0 aliphatic rings. The lowest BCUT2D eigenvalue weighted by atomic mass is 10.1. The Bertz CT molecular complexity index is 721. The molecule has 2 rings (SSSR count). The van der Waals surface area contributed by atoms with E-state index in [0.717, 1.165) is 6.42 Å². The van der Waals surface area contributed by atoms with Gasteiger partial charge in [-0.25, -0.2) is 4.79 Å². The number of carboxylic acid groups (broad SMARTS) is 1. The molecule has 0 atom stereocenters. The molecule has 0 bridgehead atoms. The largest absolute Gasteiger partial charge is 0.507 e. The molecule has 0 spiro atoms. The number of hydrogen-bond donors (Lipinski definition) is 2. The summed E-state index contributed by atoms with van der Waals surface area (Å²) < 4.78 is 2.21. The number of nitrogens with zero attached hydrogens (tertiary/aromatic N) is 1. The van der Waals surface area contributed by atoms with Crippen LogP contribution in [0.1, 0.15) is 23.7 Å². The molecule has 6 heteroatoms. The molecular weight excluding hydrogens is 361 g/mol. The summed E-state index contributed by atoms with van der Waals surface area (Å²) in [5.74, 6) is -1.15. The third-order valence-electron chi connectivity index (χ3n) is 2.84. The van der Waals surface area contributed by atoms with Gasteiger partial charge >= 0.3 is 5.97 Å². The lowest BCUT2D eigenvalue weighted by molar-refractivity contribution is 0.0695. The topological polar surface area (TPSA) is 79.5 Å². The first-order valence-electron chi connectivity index (χ1n) is 5.74. The maximum Gasteiger partial charge on any atom is 0.341 e. The van der Waals surface area contributed by atoms with Crippen molar-refractivity contribution in [3.8, 4) is 5.75 Å². The summed E-state index contributed by atoms with van der Waals surface area (Å²) in [6.45, 7) is 2.54. The highest BCUT2D eigenvalue weighted by Gasteiger charge is 2.15. The van der Waals surface area contributed by atoms with Crippen LogP contribution in [-0.2, 0) is 6.54 Å². The van der Waals surface area contributed by atoms with Crippen molar-refractivity contribution < 1.29 is 15.0 Å². The molecule has 0 saturated heterocycles. The van der Waals surface area contributed by atoms with Crippen molar-refractivity contribution in [1.82, 2.24) is 4.57 Å². The van der Waals surface area contributed by atoms with Gasteiger partial charge in [0.05, 0.1) is 9.09 Å². The molecule has 0 saturated carbocycles. The number of benzene rings is 1. The zero-order valence-electron chi connectivity index (χ0n) is 10.2. The molecule has 1 aromatic heterocycles. The predicted octanol–water partition coefficient (Wildman–Crippen LogP) is 2.42. The van der Waals surface area contributed by atoms with Crippen LogP contribution in [0, 0.1) is 3.57 Å². The summed E-state index contributed by atoms with van der Waals surface area (Å²) in [6.07, 6.45) is 2.13. The first-order chi connectivity index (χ1) is 8.95. The lowest BCUT2D eigenvalue weighted by Gasteiger charge is -2.12. The molecule has 100 valence electrons. The zero-order chi connectivity index (χ0) is 14.2. The van der Waals surface area contributed by atoms with Crippen molar-refractivity contribution >= 4 is 39.5 Å². The Morgan fingerprint density at radius 2 is 2.11 bits per heavy atom. The molecule has 0 radical (unpaired) electrons. The molecule has 2 aromatic rings. The highest BCUT2D eigenvalue weighted by Crippen LogP contribution is 2.25. The Balaban J connectivity index is 2.92. The van der Waals surface area contributed by atoms with E-state index in [9.17, 15) is 14.7 Å². The van der Waals surface area contributed by atoms with E-state index in [2.05, 4.69) is 0 Å². The van der Waals surface area contributed by atoms with E-state index in [-0.39, 0.29) is 11.3 Å². The van der Waals surface area contributed by atoms with Crippen LogP contribution < -0.4 is 5.43 Å². The Labute approximate surface area is 122 Å². The van der Waals surface area contributed by atoms with Gasteiger partial charge in [-0.1, -0.05) is 6.92 Å². The van der Waals surface area contributed by atoms with Crippen LogP contribution >= 0.6 is 22.6 Å². The van der Waals surface area contributed by atoms with Crippen LogP contribution in [0.25, 0.3) is 10.9 Å². The molecule has 0 amide bonds. The number of hydrogen-bond acceptors (Lipinski definition) is 3. The zero-order valence-corrected chi connectivity index (χ0v) is 12.3. The normalized spacial score (nSPS) is 10.8. The van der Waals surface area contributed by atoms with Gasteiger partial charge in [0.1, 0.15) is 11.3 Å². The predicted molar refractivity (Wildman–Crippen MR) is 79.8 cm³/mol. The van der Waals surface area contributed by atoms with Gasteiger partial charge in [-0.15, -0.1) is 0 Å². The first-order valence-corrected chi connectivity index (χ1v) is 6.82. The van der Waals surface area contributed by atoms with Crippen molar-refractivity contribution in [3.05, 3.63) is 37.7 Å². The van der Waals surface area contributed by atoms with Crippen LogP contribution in [0.3, 0.4) is 0 Å². The summed E-state index contributed by atoms with van der Waals surface area (Å²) in [4.78, 5) is 23.2.